The van der Waals surface area contributed by atoms with Crippen molar-refractivity contribution in [1.29, 1.82) is 0 Å². The molecule has 1 saturated heterocycles. The van der Waals surface area contributed by atoms with Gasteiger partial charge in [-0.05, 0) is 24.1 Å². The summed E-state index contributed by atoms with van der Waals surface area (Å²) in [6.45, 7) is 3.52. The van der Waals surface area contributed by atoms with E-state index in [4.69, 9.17) is 9.47 Å². The number of fused-ring (bicyclic) bond motifs is 2. The Morgan fingerprint density at radius 3 is 3.00 bits per heavy atom. The lowest BCUT2D eigenvalue weighted by molar-refractivity contribution is 0.0377. The number of aliphatic hydroxyl groups excluding tert-OH is 1. The van der Waals surface area contributed by atoms with Crippen LogP contribution in [0.1, 0.15) is 34.2 Å². The molecule has 0 bridgehead atoms. The van der Waals surface area contributed by atoms with Crippen LogP contribution in [0.3, 0.4) is 0 Å². The Labute approximate surface area is 156 Å². The van der Waals surface area contributed by atoms with Crippen molar-refractivity contribution in [3.05, 3.63) is 41.5 Å². The molecule has 2 atom stereocenters. The van der Waals surface area contributed by atoms with Gasteiger partial charge in [0.15, 0.2) is 11.5 Å². The van der Waals surface area contributed by atoms with Gasteiger partial charge in [0.1, 0.15) is 11.5 Å². The Morgan fingerprint density at radius 2 is 2.15 bits per heavy atom. The smallest absolute Gasteiger partial charge is 0.274 e. The number of imidazole rings is 1. The fourth-order valence-electron chi connectivity index (χ4n) is 4.10. The van der Waals surface area contributed by atoms with Crippen LogP contribution in [0.5, 0.6) is 11.5 Å². The van der Waals surface area contributed by atoms with E-state index in [1.165, 1.54) is 0 Å². The highest BCUT2D eigenvalue weighted by Crippen LogP contribution is 2.37. The largest absolute Gasteiger partial charge is 0.454 e. The molecular formula is C19H22N4O4. The number of likely N-dealkylation sites (tertiary alicyclic amines) is 1. The molecule has 27 heavy (non-hydrogen) atoms. The molecule has 2 aromatic rings. The lowest BCUT2D eigenvalue weighted by atomic mass is 9.87. The van der Waals surface area contributed by atoms with E-state index in [9.17, 15) is 9.90 Å². The molecular weight excluding hydrogens is 348 g/mol. The second kappa shape index (κ2) is 6.54. The van der Waals surface area contributed by atoms with Gasteiger partial charge < -0.3 is 29.4 Å². The molecule has 8 heteroatoms. The van der Waals surface area contributed by atoms with Crippen molar-refractivity contribution < 1.29 is 19.4 Å². The van der Waals surface area contributed by atoms with Crippen LogP contribution in [0.2, 0.25) is 0 Å². The van der Waals surface area contributed by atoms with Crippen LogP contribution in [-0.2, 0) is 13.1 Å². The molecule has 5 rings (SSSR count). The van der Waals surface area contributed by atoms with E-state index in [0.29, 0.717) is 31.7 Å². The Kier molecular flexibility index (Phi) is 4.02. The molecule has 1 aromatic heterocycles. The number of nitrogens with one attached hydrogen (secondary N) is 1. The molecule has 1 fully saturated rings. The average molecular weight is 370 g/mol. The summed E-state index contributed by atoms with van der Waals surface area (Å²) in [6.07, 6.45) is 1.90. The van der Waals surface area contributed by atoms with E-state index >= 15 is 0 Å². The lowest BCUT2D eigenvalue weighted by Gasteiger charge is -2.36. The Balaban J connectivity index is 1.29. The van der Waals surface area contributed by atoms with Gasteiger partial charge in [-0.3, -0.25) is 4.79 Å². The Morgan fingerprint density at radius 1 is 1.26 bits per heavy atom. The third-order valence-electron chi connectivity index (χ3n) is 5.58. The normalized spacial score (nSPS) is 24.0. The van der Waals surface area contributed by atoms with Gasteiger partial charge in [-0.15, -0.1) is 0 Å². The van der Waals surface area contributed by atoms with Crippen molar-refractivity contribution in [2.24, 2.45) is 0 Å². The summed E-state index contributed by atoms with van der Waals surface area (Å²) in [4.78, 5) is 19.0. The second-order valence-electron chi connectivity index (χ2n) is 7.24. The van der Waals surface area contributed by atoms with Gasteiger partial charge in [-0.1, -0.05) is 6.07 Å². The number of rotatable bonds is 2. The fraction of sp³-hybridized carbons (Fsp3) is 0.474. The monoisotopic (exact) mass is 370 g/mol. The van der Waals surface area contributed by atoms with Crippen molar-refractivity contribution in [3.63, 3.8) is 0 Å². The Hall–Kier alpha value is -2.58. The fourth-order valence-corrected chi connectivity index (χ4v) is 4.10. The third-order valence-corrected chi connectivity index (χ3v) is 5.58. The molecule has 1 aromatic carbocycles. The van der Waals surface area contributed by atoms with Crippen molar-refractivity contribution in [1.82, 2.24) is 19.8 Å². The van der Waals surface area contributed by atoms with Gasteiger partial charge in [-0.2, -0.15) is 0 Å². The number of benzene rings is 1. The van der Waals surface area contributed by atoms with E-state index < -0.39 is 6.10 Å². The number of carbonyl (C=O) groups is 1. The molecule has 2 N–H and O–H groups in total. The first kappa shape index (κ1) is 16.6. The predicted molar refractivity (Wildman–Crippen MR) is 95.8 cm³/mol. The van der Waals surface area contributed by atoms with Crippen LogP contribution in [0.25, 0.3) is 0 Å². The summed E-state index contributed by atoms with van der Waals surface area (Å²) < 4.78 is 12.8. The number of hydrogen-bond donors (Lipinski definition) is 2. The summed E-state index contributed by atoms with van der Waals surface area (Å²) >= 11 is 0. The zero-order chi connectivity index (χ0) is 18.4. The average Bonchev–Trinajstić information content (AvgIpc) is 3.33. The molecule has 3 aliphatic rings. The highest BCUT2D eigenvalue weighted by molar-refractivity contribution is 5.92. The molecule has 0 saturated carbocycles. The minimum Gasteiger partial charge on any atom is -0.454 e. The van der Waals surface area contributed by atoms with E-state index in [2.05, 4.69) is 10.3 Å². The molecule has 0 radical (unpaired) electrons. The second-order valence-corrected chi connectivity index (χ2v) is 7.24. The van der Waals surface area contributed by atoms with Crippen molar-refractivity contribution in [3.8, 4) is 11.5 Å². The van der Waals surface area contributed by atoms with Crippen LogP contribution in [0.4, 0.5) is 0 Å². The first-order chi connectivity index (χ1) is 13.2. The third kappa shape index (κ3) is 2.94. The summed E-state index contributed by atoms with van der Waals surface area (Å²) in [5.41, 5.74) is 1.48. The molecule has 1 amide bonds. The van der Waals surface area contributed by atoms with Crippen molar-refractivity contribution in [2.75, 3.05) is 26.4 Å². The van der Waals surface area contributed by atoms with Crippen molar-refractivity contribution in [2.45, 2.75) is 31.5 Å². The molecule has 0 spiro atoms. The predicted octanol–water partition coefficient (Wildman–Crippen LogP) is 0.706. The van der Waals surface area contributed by atoms with Gasteiger partial charge >= 0.3 is 0 Å². The minimum absolute atomic E-state index is 0.0250. The zero-order valence-corrected chi connectivity index (χ0v) is 14.9. The van der Waals surface area contributed by atoms with Gasteiger partial charge in [0.2, 0.25) is 6.79 Å². The number of hydrogen-bond acceptors (Lipinski definition) is 6. The van der Waals surface area contributed by atoms with Gasteiger partial charge in [0.05, 0.1) is 12.6 Å². The SMILES string of the molecule is O=C(c1cn2c(n1)CNCC2)N1CC[C@@H](c2ccc3c(c2)OCO3)[C@H](O)C1. The number of β-amino-alcohol motifs (C(OH)–C–C–N with tert-alkyl or cyclic N) is 1. The quantitative estimate of drug-likeness (QED) is 0.809. The molecule has 0 unspecified atom stereocenters. The standard InChI is InChI=1S/C19H22N4O4/c24-15-10-23(19(25)14-9-22-6-4-20-8-18(22)21-14)5-3-13(15)12-1-2-16-17(7-12)27-11-26-16/h1-2,7,9,13,15,20,24H,3-6,8,10-11H2/t13-,15+/m0/s1. The maximum absolute atomic E-state index is 12.8. The molecule has 0 aliphatic carbocycles. The van der Waals surface area contributed by atoms with Gasteiger partial charge in [-0.25, -0.2) is 4.98 Å². The number of ether oxygens (including phenoxy) is 2. The number of carbonyl (C=O) groups excluding carboxylic acids is 1. The summed E-state index contributed by atoms with van der Waals surface area (Å²) in [6, 6.07) is 5.78. The van der Waals surface area contributed by atoms with Crippen LogP contribution >= 0.6 is 0 Å². The topological polar surface area (TPSA) is 88.9 Å². The maximum Gasteiger partial charge on any atom is 0.274 e. The van der Waals surface area contributed by atoms with Gasteiger partial charge in [0, 0.05) is 38.3 Å². The summed E-state index contributed by atoms with van der Waals surface area (Å²) in [5.74, 6) is 2.21. The van der Waals surface area contributed by atoms with Crippen molar-refractivity contribution >= 4 is 5.91 Å². The molecule has 8 nitrogen and oxygen atoms in total. The first-order valence-electron chi connectivity index (χ1n) is 9.33. The molecule has 4 heterocycles. The zero-order valence-electron chi connectivity index (χ0n) is 14.9. The summed E-state index contributed by atoms with van der Waals surface area (Å²) in [5, 5.41) is 14.0. The number of aromatic nitrogens is 2. The number of amides is 1. The number of aliphatic hydroxyl groups is 1. The molecule has 142 valence electrons. The van der Waals surface area contributed by atoms with Crippen LogP contribution < -0.4 is 14.8 Å². The lowest BCUT2D eigenvalue weighted by Crippen LogP contribution is -2.45. The van der Waals surface area contributed by atoms with Crippen LogP contribution in [0.15, 0.2) is 24.4 Å². The first-order valence-corrected chi connectivity index (χ1v) is 9.33. The number of piperidine rings is 1. The van der Waals surface area contributed by atoms with E-state index in [1.54, 1.807) is 4.90 Å². The Bertz CT molecular complexity index is 857. The summed E-state index contributed by atoms with van der Waals surface area (Å²) in [7, 11) is 0. The minimum atomic E-state index is -0.623. The van der Waals surface area contributed by atoms with E-state index in [1.807, 2.05) is 29.0 Å². The highest BCUT2D eigenvalue weighted by atomic mass is 16.7. The van der Waals surface area contributed by atoms with E-state index in [0.717, 1.165) is 36.0 Å². The van der Waals surface area contributed by atoms with E-state index in [-0.39, 0.29) is 18.6 Å². The maximum atomic E-state index is 12.8. The molecule has 3 aliphatic heterocycles. The van der Waals surface area contributed by atoms with Crippen LogP contribution in [-0.4, -0.2) is 58.0 Å². The van der Waals surface area contributed by atoms with Crippen LogP contribution in [0, 0.1) is 0 Å². The number of nitrogens with zero attached hydrogens (tertiary/aromatic N) is 3. The highest BCUT2D eigenvalue weighted by Gasteiger charge is 2.33. The van der Waals surface area contributed by atoms with Gasteiger partial charge in [0.25, 0.3) is 5.91 Å².